The normalized spacial score (nSPS) is 10.6. The number of halogens is 1. The van der Waals surface area contributed by atoms with Crippen molar-refractivity contribution in [2.45, 2.75) is 13.8 Å². The van der Waals surface area contributed by atoms with Gasteiger partial charge in [0, 0.05) is 19.9 Å². The maximum Gasteiger partial charge on any atom is 0.340 e. The number of aromatic amines is 1. The average molecular weight is 409 g/mol. The van der Waals surface area contributed by atoms with Gasteiger partial charge >= 0.3 is 5.97 Å². The summed E-state index contributed by atoms with van der Waals surface area (Å²) in [4.78, 5) is 29.6. The Labute approximate surface area is 169 Å². The molecule has 152 valence electrons. The summed E-state index contributed by atoms with van der Waals surface area (Å²) in [6.45, 7) is 4.57. The van der Waals surface area contributed by atoms with E-state index in [1.54, 1.807) is 33.0 Å². The number of hydrogen-bond acceptors (Lipinski definition) is 5. The van der Waals surface area contributed by atoms with E-state index in [9.17, 15) is 9.59 Å². The molecule has 1 aromatic heterocycles. The van der Waals surface area contributed by atoms with E-state index in [2.05, 4.69) is 4.98 Å². The summed E-state index contributed by atoms with van der Waals surface area (Å²) in [7, 11) is 3.20. The van der Waals surface area contributed by atoms with Gasteiger partial charge in [-0.3, -0.25) is 4.79 Å². The average Bonchev–Trinajstić information content (AvgIpc) is 2.97. The lowest BCUT2D eigenvalue weighted by Gasteiger charge is -2.17. The fraction of sp³-hybridized carbons (Fsp3) is 0.400. The minimum atomic E-state index is -0.480. The molecule has 0 saturated heterocycles. The molecule has 1 aromatic carbocycles. The van der Waals surface area contributed by atoms with E-state index in [0.717, 1.165) is 0 Å². The third kappa shape index (κ3) is 5.27. The van der Waals surface area contributed by atoms with Crippen LogP contribution in [0.5, 0.6) is 5.75 Å². The van der Waals surface area contributed by atoms with Crippen LogP contribution in [0.4, 0.5) is 0 Å². The number of para-hydroxylation sites is 1. The molecule has 8 heteroatoms. The molecule has 2 rings (SSSR count). The van der Waals surface area contributed by atoms with Crippen molar-refractivity contribution in [2.24, 2.45) is 0 Å². The van der Waals surface area contributed by atoms with Gasteiger partial charge in [-0.1, -0.05) is 23.7 Å². The fourth-order valence-corrected chi connectivity index (χ4v) is 2.90. The predicted octanol–water partition coefficient (Wildman–Crippen LogP) is 3.24. The van der Waals surface area contributed by atoms with Gasteiger partial charge in [-0.05, 0) is 31.5 Å². The molecule has 0 aliphatic heterocycles. The molecule has 1 heterocycles. The van der Waals surface area contributed by atoms with Crippen molar-refractivity contribution in [2.75, 3.05) is 40.5 Å². The van der Waals surface area contributed by atoms with Crippen molar-refractivity contribution in [3.63, 3.8) is 0 Å². The molecule has 1 N–H and O–H groups in total. The number of hydrogen-bond donors (Lipinski definition) is 1. The Bertz CT molecular complexity index is 834. The van der Waals surface area contributed by atoms with Crippen molar-refractivity contribution in [3.8, 4) is 5.75 Å². The molecular weight excluding hydrogens is 384 g/mol. The zero-order valence-electron chi connectivity index (χ0n) is 16.5. The molecule has 0 fully saturated rings. The van der Waals surface area contributed by atoms with Crippen molar-refractivity contribution >= 4 is 23.5 Å². The first kappa shape index (κ1) is 21.8. The number of esters is 1. The molecule has 7 nitrogen and oxygen atoms in total. The highest BCUT2D eigenvalue weighted by Gasteiger charge is 2.24. The first-order valence-corrected chi connectivity index (χ1v) is 9.22. The molecule has 0 bridgehead atoms. The molecule has 0 spiro atoms. The van der Waals surface area contributed by atoms with Crippen LogP contribution in [0.15, 0.2) is 24.3 Å². The molecule has 2 aromatic rings. The third-order valence-electron chi connectivity index (χ3n) is 4.24. The number of aromatic nitrogens is 1. The fourth-order valence-electron chi connectivity index (χ4n) is 2.71. The lowest BCUT2D eigenvalue weighted by atomic mass is 10.1. The zero-order chi connectivity index (χ0) is 20.7. The smallest absolute Gasteiger partial charge is 0.340 e. The number of H-pyrrole nitrogens is 1. The van der Waals surface area contributed by atoms with Crippen LogP contribution < -0.4 is 4.74 Å². The Morgan fingerprint density at radius 2 is 1.86 bits per heavy atom. The Morgan fingerprint density at radius 3 is 2.54 bits per heavy atom. The van der Waals surface area contributed by atoms with Gasteiger partial charge < -0.3 is 24.1 Å². The van der Waals surface area contributed by atoms with Crippen LogP contribution in [0.2, 0.25) is 5.02 Å². The highest BCUT2D eigenvalue weighted by atomic mass is 35.5. The molecule has 0 radical (unpaired) electrons. The highest BCUT2D eigenvalue weighted by molar-refractivity contribution is 6.32. The van der Waals surface area contributed by atoms with Gasteiger partial charge in [-0.25, -0.2) is 4.79 Å². The van der Waals surface area contributed by atoms with Gasteiger partial charge in [-0.15, -0.1) is 0 Å². The summed E-state index contributed by atoms with van der Waals surface area (Å²) in [5, 5.41) is 0.518. The van der Waals surface area contributed by atoms with Crippen molar-refractivity contribution in [3.05, 3.63) is 51.8 Å². The third-order valence-corrected chi connectivity index (χ3v) is 4.56. The van der Waals surface area contributed by atoms with E-state index >= 15 is 0 Å². The number of ether oxygens (including phenoxy) is 3. The molecule has 0 saturated carbocycles. The van der Waals surface area contributed by atoms with E-state index in [1.807, 2.05) is 12.1 Å². The van der Waals surface area contributed by atoms with E-state index in [4.69, 9.17) is 25.8 Å². The van der Waals surface area contributed by atoms with E-state index in [0.29, 0.717) is 46.4 Å². The summed E-state index contributed by atoms with van der Waals surface area (Å²) in [5.74, 6) is -0.149. The number of carbonyl (C=O) groups excluding carboxylic acids is 2. The Balaban J connectivity index is 2.00. The Kier molecular flexibility index (Phi) is 7.90. The molecule has 1 amide bonds. The summed E-state index contributed by atoms with van der Waals surface area (Å²) >= 11 is 6.05. The topological polar surface area (TPSA) is 80.9 Å². The van der Waals surface area contributed by atoms with Crippen LogP contribution in [0.25, 0.3) is 0 Å². The second-order valence-corrected chi connectivity index (χ2v) is 6.67. The first-order valence-electron chi connectivity index (χ1n) is 8.84. The number of rotatable bonds is 9. The number of likely N-dealkylation sites (N-methyl/N-ethyl adjacent to an activating group) is 1. The minimum absolute atomic E-state index is 0.155. The summed E-state index contributed by atoms with van der Waals surface area (Å²) in [6, 6.07) is 7.15. The lowest BCUT2D eigenvalue weighted by Crippen LogP contribution is -2.31. The zero-order valence-corrected chi connectivity index (χ0v) is 17.3. The molecule has 28 heavy (non-hydrogen) atoms. The summed E-state index contributed by atoms with van der Waals surface area (Å²) < 4.78 is 15.7. The number of carbonyl (C=O) groups is 2. The SMILES string of the molecule is COCCOC(=O)c1c(C)[nH]c(C(=O)N(C)CCOc2ccccc2Cl)c1C. The van der Waals surface area contributed by atoms with Gasteiger partial charge in [-0.2, -0.15) is 0 Å². The number of methoxy groups -OCH3 is 1. The quantitative estimate of drug-likeness (QED) is 0.509. The standard InChI is InChI=1S/C20H25ClN2O5/c1-13-17(20(25)28-12-11-26-4)14(2)22-18(13)19(24)23(3)9-10-27-16-8-6-5-7-15(16)21/h5-8,22H,9-12H2,1-4H3. The summed E-state index contributed by atoms with van der Waals surface area (Å²) in [6.07, 6.45) is 0. The maximum atomic E-state index is 12.8. The Morgan fingerprint density at radius 1 is 1.14 bits per heavy atom. The van der Waals surface area contributed by atoms with Crippen LogP contribution in [-0.2, 0) is 9.47 Å². The van der Waals surface area contributed by atoms with Crippen LogP contribution >= 0.6 is 11.6 Å². The van der Waals surface area contributed by atoms with E-state index < -0.39 is 5.97 Å². The number of nitrogens with zero attached hydrogens (tertiary/aromatic N) is 1. The van der Waals surface area contributed by atoms with E-state index in [1.165, 1.54) is 12.0 Å². The number of nitrogens with one attached hydrogen (secondary N) is 1. The van der Waals surface area contributed by atoms with Crippen LogP contribution in [0.1, 0.15) is 32.1 Å². The van der Waals surface area contributed by atoms with Gasteiger partial charge in [0.25, 0.3) is 5.91 Å². The van der Waals surface area contributed by atoms with Gasteiger partial charge in [0.1, 0.15) is 24.7 Å². The minimum Gasteiger partial charge on any atom is -0.490 e. The maximum absolute atomic E-state index is 12.8. The van der Waals surface area contributed by atoms with Crippen molar-refractivity contribution in [1.82, 2.24) is 9.88 Å². The van der Waals surface area contributed by atoms with Gasteiger partial charge in [0.2, 0.25) is 0 Å². The number of amides is 1. The van der Waals surface area contributed by atoms with E-state index in [-0.39, 0.29) is 19.1 Å². The highest BCUT2D eigenvalue weighted by Crippen LogP contribution is 2.23. The van der Waals surface area contributed by atoms with Crippen molar-refractivity contribution in [1.29, 1.82) is 0 Å². The molecular formula is C20H25ClN2O5. The number of benzene rings is 1. The first-order chi connectivity index (χ1) is 13.4. The second-order valence-electron chi connectivity index (χ2n) is 6.26. The largest absolute Gasteiger partial charge is 0.490 e. The lowest BCUT2D eigenvalue weighted by molar-refractivity contribution is 0.0387. The Hall–Kier alpha value is -2.51. The predicted molar refractivity (Wildman–Crippen MR) is 106 cm³/mol. The number of aryl methyl sites for hydroxylation is 1. The van der Waals surface area contributed by atoms with Crippen LogP contribution in [-0.4, -0.2) is 62.3 Å². The van der Waals surface area contributed by atoms with Crippen LogP contribution in [0, 0.1) is 13.8 Å². The molecule has 0 aliphatic carbocycles. The molecule has 0 aliphatic rings. The summed E-state index contributed by atoms with van der Waals surface area (Å²) in [5.41, 5.74) is 1.88. The van der Waals surface area contributed by atoms with Crippen LogP contribution in [0.3, 0.4) is 0 Å². The second kappa shape index (κ2) is 10.1. The van der Waals surface area contributed by atoms with Gasteiger partial charge in [0.15, 0.2) is 0 Å². The molecule has 0 atom stereocenters. The van der Waals surface area contributed by atoms with Gasteiger partial charge in [0.05, 0.1) is 23.7 Å². The molecule has 0 unspecified atom stereocenters. The van der Waals surface area contributed by atoms with Crippen molar-refractivity contribution < 1.29 is 23.8 Å². The monoisotopic (exact) mass is 408 g/mol.